The van der Waals surface area contributed by atoms with E-state index in [4.69, 9.17) is 0 Å². The smallest absolute Gasteiger partial charge is 0.00187 e. The zero-order chi connectivity index (χ0) is 10.1. The highest BCUT2D eigenvalue weighted by molar-refractivity contribution is 4.63. The van der Waals surface area contributed by atoms with Crippen molar-refractivity contribution in [2.75, 3.05) is 19.6 Å². The Morgan fingerprint density at radius 2 is 1.43 bits per heavy atom. The van der Waals surface area contributed by atoms with Gasteiger partial charge in [0.25, 0.3) is 0 Å². The lowest BCUT2D eigenvalue weighted by Crippen LogP contribution is -2.25. The number of likely N-dealkylation sites (tertiary alicyclic amines) is 1. The number of unbranched alkanes of at least 4 members (excludes halogenated alkanes) is 4. The maximum atomic E-state index is 2.68. The Labute approximate surface area is 89.9 Å². The molecule has 84 valence electrons. The number of hydrogen-bond donors (Lipinski definition) is 0. The maximum Gasteiger partial charge on any atom is -0.00187 e. The van der Waals surface area contributed by atoms with Gasteiger partial charge < -0.3 is 4.90 Å². The molecule has 0 bridgehead atoms. The van der Waals surface area contributed by atoms with E-state index in [1.165, 1.54) is 77.4 Å². The van der Waals surface area contributed by atoms with Gasteiger partial charge in [-0.2, -0.15) is 0 Å². The fourth-order valence-corrected chi connectivity index (χ4v) is 2.30. The minimum absolute atomic E-state index is 1.36. The average Bonchev–Trinajstić information content (AvgIpc) is 2.46. The van der Waals surface area contributed by atoms with E-state index in [0.29, 0.717) is 0 Å². The largest absolute Gasteiger partial charge is 0.303 e. The average molecular weight is 197 g/mol. The predicted octanol–water partition coefficient (Wildman–Crippen LogP) is 3.83. The second-order valence-electron chi connectivity index (χ2n) is 4.67. The topological polar surface area (TPSA) is 3.24 Å². The van der Waals surface area contributed by atoms with Gasteiger partial charge in [-0.1, -0.05) is 45.4 Å². The molecule has 1 heterocycles. The van der Waals surface area contributed by atoms with E-state index < -0.39 is 0 Å². The van der Waals surface area contributed by atoms with Gasteiger partial charge in [-0.3, -0.25) is 0 Å². The molecule has 1 aliphatic heterocycles. The van der Waals surface area contributed by atoms with Crippen LogP contribution in [0.25, 0.3) is 0 Å². The van der Waals surface area contributed by atoms with Crippen molar-refractivity contribution in [3.8, 4) is 0 Å². The van der Waals surface area contributed by atoms with Crippen molar-refractivity contribution in [2.24, 2.45) is 0 Å². The standard InChI is InChI=1S/C13H27N/c1-2-3-4-5-8-11-14-12-9-6-7-10-13-14/h2-13H2,1H3. The van der Waals surface area contributed by atoms with Gasteiger partial charge in [-0.15, -0.1) is 0 Å². The van der Waals surface area contributed by atoms with Crippen LogP contribution in [0.15, 0.2) is 0 Å². The minimum atomic E-state index is 1.36. The molecule has 0 aromatic rings. The lowest BCUT2D eigenvalue weighted by Gasteiger charge is -2.19. The molecule has 1 aliphatic rings. The Balaban J connectivity index is 1.93. The van der Waals surface area contributed by atoms with Gasteiger partial charge in [-0.05, 0) is 38.9 Å². The fraction of sp³-hybridized carbons (Fsp3) is 1.00. The number of hydrogen-bond acceptors (Lipinski definition) is 1. The highest BCUT2D eigenvalue weighted by atomic mass is 15.1. The molecule has 0 aliphatic carbocycles. The fourth-order valence-electron chi connectivity index (χ4n) is 2.30. The van der Waals surface area contributed by atoms with Gasteiger partial charge in [-0.25, -0.2) is 0 Å². The van der Waals surface area contributed by atoms with Crippen LogP contribution in [0.2, 0.25) is 0 Å². The van der Waals surface area contributed by atoms with Gasteiger partial charge in [0.05, 0.1) is 0 Å². The molecule has 1 nitrogen and oxygen atoms in total. The molecule has 0 amide bonds. The molecule has 0 unspecified atom stereocenters. The van der Waals surface area contributed by atoms with Crippen molar-refractivity contribution in [1.29, 1.82) is 0 Å². The molecule has 14 heavy (non-hydrogen) atoms. The highest BCUT2D eigenvalue weighted by Gasteiger charge is 2.07. The van der Waals surface area contributed by atoms with Gasteiger partial charge in [0.2, 0.25) is 0 Å². The van der Waals surface area contributed by atoms with E-state index in [0.717, 1.165) is 0 Å². The van der Waals surface area contributed by atoms with Crippen LogP contribution in [-0.4, -0.2) is 24.5 Å². The lowest BCUT2D eigenvalue weighted by molar-refractivity contribution is 0.277. The molecule has 0 N–H and O–H groups in total. The van der Waals surface area contributed by atoms with E-state index in [1.54, 1.807) is 0 Å². The normalized spacial score (nSPS) is 19.5. The molecule has 0 spiro atoms. The van der Waals surface area contributed by atoms with Gasteiger partial charge in [0.15, 0.2) is 0 Å². The first-order valence-electron chi connectivity index (χ1n) is 6.66. The molecular formula is C13H27N. The van der Waals surface area contributed by atoms with Crippen LogP contribution in [0.4, 0.5) is 0 Å². The van der Waals surface area contributed by atoms with Crippen LogP contribution in [0.3, 0.4) is 0 Å². The molecule has 1 rings (SSSR count). The first-order chi connectivity index (χ1) is 6.93. The predicted molar refractivity (Wildman–Crippen MR) is 63.7 cm³/mol. The van der Waals surface area contributed by atoms with Crippen LogP contribution in [-0.2, 0) is 0 Å². The van der Waals surface area contributed by atoms with Crippen LogP contribution in [0, 0.1) is 0 Å². The molecule has 0 aromatic carbocycles. The molecule has 0 atom stereocenters. The van der Waals surface area contributed by atoms with Crippen LogP contribution in [0.5, 0.6) is 0 Å². The summed E-state index contributed by atoms with van der Waals surface area (Å²) in [6.45, 7) is 6.39. The Morgan fingerprint density at radius 1 is 0.786 bits per heavy atom. The molecule has 0 aromatic heterocycles. The zero-order valence-corrected chi connectivity index (χ0v) is 9.93. The highest BCUT2D eigenvalue weighted by Crippen LogP contribution is 2.11. The van der Waals surface area contributed by atoms with E-state index >= 15 is 0 Å². The second kappa shape index (κ2) is 8.28. The van der Waals surface area contributed by atoms with E-state index in [1.807, 2.05) is 0 Å². The van der Waals surface area contributed by atoms with Crippen LogP contribution >= 0.6 is 0 Å². The second-order valence-corrected chi connectivity index (χ2v) is 4.67. The summed E-state index contributed by atoms with van der Waals surface area (Å²) in [5.74, 6) is 0. The van der Waals surface area contributed by atoms with Crippen molar-refractivity contribution in [3.63, 3.8) is 0 Å². The van der Waals surface area contributed by atoms with Crippen molar-refractivity contribution < 1.29 is 0 Å². The third-order valence-electron chi connectivity index (χ3n) is 3.28. The summed E-state index contributed by atoms with van der Waals surface area (Å²) >= 11 is 0. The Morgan fingerprint density at radius 3 is 2.07 bits per heavy atom. The summed E-state index contributed by atoms with van der Waals surface area (Å²) in [6.07, 6.45) is 12.9. The minimum Gasteiger partial charge on any atom is -0.303 e. The summed E-state index contributed by atoms with van der Waals surface area (Å²) in [4.78, 5) is 2.68. The lowest BCUT2D eigenvalue weighted by atomic mass is 10.1. The quantitative estimate of drug-likeness (QED) is 0.585. The zero-order valence-electron chi connectivity index (χ0n) is 9.93. The van der Waals surface area contributed by atoms with Crippen molar-refractivity contribution in [1.82, 2.24) is 4.90 Å². The van der Waals surface area contributed by atoms with Crippen molar-refractivity contribution in [2.45, 2.75) is 64.7 Å². The Bertz CT molecular complexity index is 114. The van der Waals surface area contributed by atoms with Crippen LogP contribution < -0.4 is 0 Å². The molecule has 1 fully saturated rings. The Kier molecular flexibility index (Phi) is 7.12. The molecular weight excluding hydrogens is 170 g/mol. The summed E-state index contributed by atoms with van der Waals surface area (Å²) in [7, 11) is 0. The van der Waals surface area contributed by atoms with Crippen molar-refractivity contribution in [3.05, 3.63) is 0 Å². The third-order valence-corrected chi connectivity index (χ3v) is 3.28. The number of rotatable bonds is 6. The van der Waals surface area contributed by atoms with Crippen LogP contribution in [0.1, 0.15) is 64.7 Å². The van der Waals surface area contributed by atoms with Gasteiger partial charge in [0, 0.05) is 0 Å². The maximum absolute atomic E-state index is 2.68. The molecule has 1 saturated heterocycles. The summed E-state index contributed by atoms with van der Waals surface area (Å²) in [5, 5.41) is 0. The summed E-state index contributed by atoms with van der Waals surface area (Å²) in [6, 6.07) is 0. The Hall–Kier alpha value is -0.0400. The summed E-state index contributed by atoms with van der Waals surface area (Å²) in [5.41, 5.74) is 0. The summed E-state index contributed by atoms with van der Waals surface area (Å²) < 4.78 is 0. The van der Waals surface area contributed by atoms with E-state index in [2.05, 4.69) is 11.8 Å². The number of nitrogens with zero attached hydrogens (tertiary/aromatic N) is 1. The first-order valence-corrected chi connectivity index (χ1v) is 6.66. The SMILES string of the molecule is CCCCCCCN1CCCCCC1. The molecule has 1 heteroatoms. The first kappa shape index (κ1) is 12.0. The molecule has 0 saturated carbocycles. The van der Waals surface area contributed by atoms with E-state index in [9.17, 15) is 0 Å². The van der Waals surface area contributed by atoms with Gasteiger partial charge >= 0.3 is 0 Å². The monoisotopic (exact) mass is 197 g/mol. The van der Waals surface area contributed by atoms with Crippen molar-refractivity contribution >= 4 is 0 Å². The van der Waals surface area contributed by atoms with E-state index in [-0.39, 0.29) is 0 Å². The van der Waals surface area contributed by atoms with Gasteiger partial charge in [0.1, 0.15) is 0 Å². The third kappa shape index (κ3) is 5.64. The molecule has 0 radical (unpaired) electrons.